The van der Waals surface area contributed by atoms with Crippen molar-refractivity contribution in [2.24, 2.45) is 0 Å². The molecule has 0 bridgehead atoms. The van der Waals surface area contributed by atoms with Crippen LogP contribution in [0.2, 0.25) is 0 Å². The van der Waals surface area contributed by atoms with Crippen LogP contribution >= 0.6 is 0 Å². The molecule has 0 amide bonds. The average Bonchev–Trinajstić information content (AvgIpc) is 2.85. The topological polar surface area (TPSA) is 42.7 Å². The predicted octanol–water partition coefficient (Wildman–Crippen LogP) is 2.31. The summed E-state index contributed by atoms with van der Waals surface area (Å²) >= 11 is 0. The van der Waals surface area contributed by atoms with E-state index in [0.29, 0.717) is 0 Å². The van der Waals surface area contributed by atoms with Gasteiger partial charge in [0.25, 0.3) is 0 Å². The summed E-state index contributed by atoms with van der Waals surface area (Å²) in [4.78, 5) is 8.85. The fourth-order valence-corrected chi connectivity index (χ4v) is 2.06. The van der Waals surface area contributed by atoms with E-state index < -0.39 is 0 Å². The van der Waals surface area contributed by atoms with E-state index in [1.165, 1.54) is 0 Å². The van der Waals surface area contributed by atoms with Crippen LogP contribution in [0.15, 0.2) is 30.7 Å². The third-order valence-corrected chi connectivity index (χ3v) is 3.02. The van der Waals surface area contributed by atoms with Crippen LogP contribution < -0.4 is 5.32 Å². The maximum atomic E-state index is 4.48. The molecular formula is C14H20N4. The van der Waals surface area contributed by atoms with Gasteiger partial charge in [-0.05, 0) is 32.0 Å². The van der Waals surface area contributed by atoms with E-state index in [9.17, 15) is 0 Å². The molecule has 2 heterocycles. The second-order valence-corrected chi connectivity index (χ2v) is 4.30. The van der Waals surface area contributed by atoms with Gasteiger partial charge in [0.05, 0.1) is 6.04 Å². The van der Waals surface area contributed by atoms with Crippen LogP contribution in [0.1, 0.15) is 37.0 Å². The summed E-state index contributed by atoms with van der Waals surface area (Å²) in [6.07, 6.45) is 5.80. The molecule has 2 rings (SSSR count). The molecule has 18 heavy (non-hydrogen) atoms. The van der Waals surface area contributed by atoms with Gasteiger partial charge in [-0.3, -0.25) is 4.98 Å². The molecule has 0 radical (unpaired) electrons. The Labute approximate surface area is 108 Å². The summed E-state index contributed by atoms with van der Waals surface area (Å²) < 4.78 is 2.16. The van der Waals surface area contributed by atoms with Crippen molar-refractivity contribution in [2.75, 3.05) is 6.54 Å². The van der Waals surface area contributed by atoms with Crippen LogP contribution in [0.4, 0.5) is 0 Å². The number of pyridine rings is 1. The number of rotatable bonds is 5. The van der Waals surface area contributed by atoms with E-state index in [2.05, 4.69) is 39.8 Å². The minimum absolute atomic E-state index is 0.109. The zero-order chi connectivity index (χ0) is 13.0. The van der Waals surface area contributed by atoms with Gasteiger partial charge in [-0.25, -0.2) is 4.98 Å². The fraction of sp³-hybridized carbons (Fsp3) is 0.429. The first-order valence-electron chi connectivity index (χ1n) is 6.43. The number of nitrogens with one attached hydrogen (secondary N) is 1. The third kappa shape index (κ3) is 2.59. The van der Waals surface area contributed by atoms with Crippen molar-refractivity contribution in [3.8, 4) is 0 Å². The van der Waals surface area contributed by atoms with Crippen molar-refractivity contribution < 1.29 is 0 Å². The van der Waals surface area contributed by atoms with Gasteiger partial charge in [-0.1, -0.05) is 13.0 Å². The average molecular weight is 244 g/mol. The molecule has 0 aliphatic rings. The molecule has 0 aliphatic carbocycles. The highest BCUT2D eigenvalue weighted by atomic mass is 15.1. The van der Waals surface area contributed by atoms with Crippen LogP contribution in [0.3, 0.4) is 0 Å². The SMILES string of the molecule is CCNC(c1ccc(C)nc1)c1nccn1CC. The smallest absolute Gasteiger partial charge is 0.130 e. The molecule has 1 atom stereocenters. The Morgan fingerprint density at radius 2 is 2.11 bits per heavy atom. The quantitative estimate of drug-likeness (QED) is 0.877. The molecule has 0 aromatic carbocycles. The Kier molecular flexibility index (Phi) is 4.10. The molecule has 96 valence electrons. The van der Waals surface area contributed by atoms with E-state index in [-0.39, 0.29) is 6.04 Å². The highest BCUT2D eigenvalue weighted by molar-refractivity contribution is 5.23. The van der Waals surface area contributed by atoms with Gasteiger partial charge >= 0.3 is 0 Å². The lowest BCUT2D eigenvalue weighted by Gasteiger charge is -2.18. The summed E-state index contributed by atoms with van der Waals surface area (Å²) in [5.41, 5.74) is 2.19. The van der Waals surface area contributed by atoms with Crippen LogP contribution in [0.25, 0.3) is 0 Å². The zero-order valence-electron chi connectivity index (χ0n) is 11.2. The maximum absolute atomic E-state index is 4.48. The molecule has 4 nitrogen and oxygen atoms in total. The fourth-order valence-electron chi connectivity index (χ4n) is 2.06. The predicted molar refractivity (Wildman–Crippen MR) is 72.4 cm³/mol. The van der Waals surface area contributed by atoms with Crippen molar-refractivity contribution >= 4 is 0 Å². The van der Waals surface area contributed by atoms with E-state index in [0.717, 1.165) is 30.2 Å². The highest BCUT2D eigenvalue weighted by Crippen LogP contribution is 2.20. The first kappa shape index (κ1) is 12.8. The molecular weight excluding hydrogens is 224 g/mol. The molecule has 1 N–H and O–H groups in total. The first-order valence-corrected chi connectivity index (χ1v) is 6.43. The minimum Gasteiger partial charge on any atom is -0.334 e. The Balaban J connectivity index is 2.36. The molecule has 0 saturated heterocycles. The van der Waals surface area contributed by atoms with Crippen molar-refractivity contribution in [1.82, 2.24) is 19.9 Å². The van der Waals surface area contributed by atoms with Crippen molar-refractivity contribution in [3.63, 3.8) is 0 Å². The van der Waals surface area contributed by atoms with Crippen LogP contribution in [0, 0.1) is 6.92 Å². The first-order chi connectivity index (χ1) is 8.76. The monoisotopic (exact) mass is 244 g/mol. The third-order valence-electron chi connectivity index (χ3n) is 3.02. The minimum atomic E-state index is 0.109. The van der Waals surface area contributed by atoms with Gasteiger partial charge in [0.1, 0.15) is 5.82 Å². The number of hydrogen-bond acceptors (Lipinski definition) is 3. The summed E-state index contributed by atoms with van der Waals surface area (Å²) in [6.45, 7) is 8.06. The standard InChI is InChI=1S/C14H20N4/c1-4-15-13(12-7-6-11(3)17-10-12)14-16-8-9-18(14)5-2/h6-10,13,15H,4-5H2,1-3H3. The van der Waals surface area contributed by atoms with E-state index in [4.69, 9.17) is 0 Å². The van der Waals surface area contributed by atoms with Crippen LogP contribution in [-0.2, 0) is 6.54 Å². The van der Waals surface area contributed by atoms with E-state index >= 15 is 0 Å². The van der Waals surface area contributed by atoms with Crippen LogP contribution in [-0.4, -0.2) is 21.1 Å². The number of aryl methyl sites for hydroxylation is 2. The normalized spacial score (nSPS) is 12.6. The molecule has 4 heteroatoms. The van der Waals surface area contributed by atoms with Crippen molar-refractivity contribution in [2.45, 2.75) is 33.4 Å². The largest absolute Gasteiger partial charge is 0.334 e. The number of imidazole rings is 1. The van der Waals surface area contributed by atoms with E-state index in [1.807, 2.05) is 31.6 Å². The maximum Gasteiger partial charge on any atom is 0.130 e. The Morgan fingerprint density at radius 1 is 1.28 bits per heavy atom. The Morgan fingerprint density at radius 3 is 2.72 bits per heavy atom. The second-order valence-electron chi connectivity index (χ2n) is 4.30. The summed E-state index contributed by atoms with van der Waals surface area (Å²) in [7, 11) is 0. The molecule has 2 aromatic heterocycles. The molecule has 0 spiro atoms. The second kappa shape index (κ2) is 5.78. The summed E-state index contributed by atoms with van der Waals surface area (Å²) in [6, 6.07) is 4.27. The van der Waals surface area contributed by atoms with Crippen molar-refractivity contribution in [1.29, 1.82) is 0 Å². The van der Waals surface area contributed by atoms with Crippen molar-refractivity contribution in [3.05, 3.63) is 47.8 Å². The van der Waals surface area contributed by atoms with Gasteiger partial charge in [0.15, 0.2) is 0 Å². The molecule has 0 aliphatic heterocycles. The lowest BCUT2D eigenvalue weighted by atomic mass is 10.1. The van der Waals surface area contributed by atoms with Gasteiger partial charge in [-0.15, -0.1) is 0 Å². The van der Waals surface area contributed by atoms with Crippen LogP contribution in [0.5, 0.6) is 0 Å². The van der Waals surface area contributed by atoms with E-state index in [1.54, 1.807) is 0 Å². The lowest BCUT2D eigenvalue weighted by Crippen LogP contribution is -2.25. The van der Waals surface area contributed by atoms with Gasteiger partial charge < -0.3 is 9.88 Å². The summed E-state index contributed by atoms with van der Waals surface area (Å²) in [5.74, 6) is 1.05. The van der Waals surface area contributed by atoms with Gasteiger partial charge in [0, 0.05) is 30.8 Å². The Bertz CT molecular complexity index is 487. The lowest BCUT2D eigenvalue weighted by molar-refractivity contribution is 0.557. The molecule has 1 unspecified atom stereocenters. The highest BCUT2D eigenvalue weighted by Gasteiger charge is 2.17. The number of nitrogens with zero attached hydrogens (tertiary/aromatic N) is 3. The molecule has 0 saturated carbocycles. The van der Waals surface area contributed by atoms with Gasteiger partial charge in [0.2, 0.25) is 0 Å². The molecule has 2 aromatic rings. The number of hydrogen-bond donors (Lipinski definition) is 1. The van der Waals surface area contributed by atoms with Gasteiger partial charge in [-0.2, -0.15) is 0 Å². The molecule has 0 fully saturated rings. The zero-order valence-corrected chi connectivity index (χ0v) is 11.2. The summed E-state index contributed by atoms with van der Waals surface area (Å²) in [5, 5.41) is 3.47. The Hall–Kier alpha value is -1.68. The number of aromatic nitrogens is 3.